The van der Waals surface area contributed by atoms with Crippen LogP contribution in [0.1, 0.15) is 31.1 Å². The van der Waals surface area contributed by atoms with Crippen molar-refractivity contribution in [3.63, 3.8) is 0 Å². The van der Waals surface area contributed by atoms with Gasteiger partial charge in [0.1, 0.15) is 5.56 Å². The van der Waals surface area contributed by atoms with Crippen LogP contribution in [0.4, 0.5) is 0 Å². The molecule has 0 saturated heterocycles. The fourth-order valence-corrected chi connectivity index (χ4v) is 2.12. The predicted molar refractivity (Wildman–Crippen MR) is 87.8 cm³/mol. The Bertz CT molecular complexity index is 569. The zero-order valence-electron chi connectivity index (χ0n) is 13.0. The van der Waals surface area contributed by atoms with Gasteiger partial charge >= 0.3 is 0 Å². The van der Waals surface area contributed by atoms with Crippen molar-refractivity contribution < 1.29 is 14.3 Å². The summed E-state index contributed by atoms with van der Waals surface area (Å²) in [6.07, 6.45) is 0. The van der Waals surface area contributed by atoms with Gasteiger partial charge in [-0.05, 0) is 12.1 Å². The lowest BCUT2D eigenvalue weighted by Gasteiger charge is -2.18. The summed E-state index contributed by atoms with van der Waals surface area (Å²) in [7, 11) is 1.41. The molecule has 0 fully saturated rings. The van der Waals surface area contributed by atoms with Crippen LogP contribution in [-0.2, 0) is 4.79 Å². The first-order valence-electron chi connectivity index (χ1n) is 6.77. The Kier molecular flexibility index (Phi) is 6.50. The van der Waals surface area contributed by atoms with E-state index in [-0.39, 0.29) is 28.8 Å². The SMILES string of the molecule is COc1c(Cl)ccc(Cl)c1C(=O)NCCNC(=O)C(C)(C)C. The summed E-state index contributed by atoms with van der Waals surface area (Å²) < 4.78 is 5.12. The van der Waals surface area contributed by atoms with Gasteiger partial charge in [0.05, 0.1) is 17.2 Å². The van der Waals surface area contributed by atoms with Crippen LogP contribution in [0.25, 0.3) is 0 Å². The van der Waals surface area contributed by atoms with E-state index >= 15 is 0 Å². The van der Waals surface area contributed by atoms with Gasteiger partial charge in [0.15, 0.2) is 5.75 Å². The van der Waals surface area contributed by atoms with E-state index < -0.39 is 11.3 Å². The molecule has 1 aromatic carbocycles. The molecule has 0 atom stereocenters. The molecule has 0 aromatic heterocycles. The van der Waals surface area contributed by atoms with E-state index in [0.29, 0.717) is 11.6 Å². The molecule has 0 radical (unpaired) electrons. The quantitative estimate of drug-likeness (QED) is 0.805. The van der Waals surface area contributed by atoms with Crippen molar-refractivity contribution in [2.75, 3.05) is 20.2 Å². The van der Waals surface area contributed by atoms with Crippen LogP contribution in [0.3, 0.4) is 0 Å². The molecule has 1 rings (SSSR count). The summed E-state index contributed by atoms with van der Waals surface area (Å²) in [5.41, 5.74) is -0.289. The maximum Gasteiger partial charge on any atom is 0.256 e. The largest absolute Gasteiger partial charge is 0.494 e. The second-order valence-corrected chi connectivity index (χ2v) is 6.51. The molecule has 1 aromatic rings. The number of hydrogen-bond donors (Lipinski definition) is 2. The Balaban J connectivity index is 2.64. The van der Waals surface area contributed by atoms with Crippen molar-refractivity contribution in [2.45, 2.75) is 20.8 Å². The highest BCUT2D eigenvalue weighted by molar-refractivity contribution is 6.37. The smallest absolute Gasteiger partial charge is 0.256 e. The van der Waals surface area contributed by atoms with Gasteiger partial charge in [-0.1, -0.05) is 44.0 Å². The summed E-state index contributed by atoms with van der Waals surface area (Å²) in [5.74, 6) is -0.264. The van der Waals surface area contributed by atoms with Crippen LogP contribution in [0.5, 0.6) is 5.75 Å². The number of carbonyl (C=O) groups excluding carboxylic acids is 2. The van der Waals surface area contributed by atoms with Gasteiger partial charge in [0.25, 0.3) is 5.91 Å². The lowest BCUT2D eigenvalue weighted by atomic mass is 9.96. The summed E-state index contributed by atoms with van der Waals surface area (Å²) in [6.45, 7) is 6.04. The van der Waals surface area contributed by atoms with Gasteiger partial charge in [-0.25, -0.2) is 0 Å². The van der Waals surface area contributed by atoms with Gasteiger partial charge in [-0.3, -0.25) is 9.59 Å². The number of halogens is 2. The number of amides is 2. The minimum absolute atomic E-state index is 0.0832. The second kappa shape index (κ2) is 7.70. The van der Waals surface area contributed by atoms with Crippen molar-refractivity contribution >= 4 is 35.0 Å². The monoisotopic (exact) mass is 346 g/mol. The summed E-state index contributed by atoms with van der Waals surface area (Å²) >= 11 is 12.0. The molecule has 0 unspecified atom stereocenters. The highest BCUT2D eigenvalue weighted by Crippen LogP contribution is 2.33. The van der Waals surface area contributed by atoms with Gasteiger partial charge in [-0.15, -0.1) is 0 Å². The molecule has 0 spiro atoms. The van der Waals surface area contributed by atoms with Crippen LogP contribution in [0, 0.1) is 5.41 Å². The highest BCUT2D eigenvalue weighted by atomic mass is 35.5. The summed E-state index contributed by atoms with van der Waals surface area (Å²) in [6, 6.07) is 3.09. The molecule has 2 N–H and O–H groups in total. The lowest BCUT2D eigenvalue weighted by Crippen LogP contribution is -2.40. The van der Waals surface area contributed by atoms with E-state index in [9.17, 15) is 9.59 Å². The Labute approximate surface area is 140 Å². The third-order valence-electron chi connectivity index (χ3n) is 2.87. The fraction of sp³-hybridized carbons (Fsp3) is 0.467. The summed E-state index contributed by atoms with van der Waals surface area (Å²) in [5, 5.41) is 5.96. The Hall–Kier alpha value is -1.46. The number of rotatable bonds is 5. The Morgan fingerprint density at radius 2 is 1.64 bits per heavy atom. The molecule has 0 aliphatic carbocycles. The maximum atomic E-state index is 12.2. The number of ether oxygens (including phenoxy) is 1. The molecule has 22 heavy (non-hydrogen) atoms. The lowest BCUT2D eigenvalue weighted by molar-refractivity contribution is -0.128. The summed E-state index contributed by atoms with van der Waals surface area (Å²) in [4.78, 5) is 23.9. The molecule has 0 saturated carbocycles. The van der Waals surface area contributed by atoms with Gasteiger partial charge in [0, 0.05) is 18.5 Å². The van der Waals surface area contributed by atoms with Crippen LogP contribution in [0.2, 0.25) is 10.0 Å². The van der Waals surface area contributed by atoms with Crippen molar-refractivity contribution in [3.8, 4) is 5.75 Å². The van der Waals surface area contributed by atoms with Crippen molar-refractivity contribution in [3.05, 3.63) is 27.7 Å². The number of benzene rings is 1. The van der Waals surface area contributed by atoms with Crippen molar-refractivity contribution in [2.24, 2.45) is 5.41 Å². The molecule has 7 heteroatoms. The van der Waals surface area contributed by atoms with Crippen LogP contribution >= 0.6 is 23.2 Å². The van der Waals surface area contributed by atoms with E-state index in [1.807, 2.05) is 20.8 Å². The van der Waals surface area contributed by atoms with E-state index in [0.717, 1.165) is 0 Å². The zero-order valence-corrected chi connectivity index (χ0v) is 14.6. The number of nitrogens with one attached hydrogen (secondary N) is 2. The van der Waals surface area contributed by atoms with E-state index in [4.69, 9.17) is 27.9 Å². The molecule has 5 nitrogen and oxygen atoms in total. The van der Waals surface area contributed by atoms with E-state index in [2.05, 4.69) is 10.6 Å². The third-order valence-corrected chi connectivity index (χ3v) is 3.48. The van der Waals surface area contributed by atoms with Crippen LogP contribution in [0.15, 0.2) is 12.1 Å². The average Bonchev–Trinajstić information content (AvgIpc) is 2.44. The van der Waals surface area contributed by atoms with Gasteiger partial charge in [-0.2, -0.15) is 0 Å². The Morgan fingerprint density at radius 3 is 2.18 bits per heavy atom. The maximum absolute atomic E-state index is 12.2. The van der Waals surface area contributed by atoms with Gasteiger partial charge < -0.3 is 15.4 Å². The fourth-order valence-electron chi connectivity index (χ4n) is 1.65. The molecule has 0 bridgehead atoms. The first-order chi connectivity index (χ1) is 10.2. The molecule has 0 heterocycles. The number of hydrogen-bond acceptors (Lipinski definition) is 3. The molecular formula is C15H20Cl2N2O3. The topological polar surface area (TPSA) is 67.4 Å². The standard InChI is InChI=1S/C15H20Cl2N2O3/c1-15(2,3)14(21)19-8-7-18-13(20)11-9(16)5-6-10(17)12(11)22-4/h5-6H,7-8H2,1-4H3,(H,18,20)(H,19,21). The number of carbonyl (C=O) groups is 2. The molecule has 0 aliphatic heterocycles. The van der Waals surface area contributed by atoms with Crippen molar-refractivity contribution in [1.29, 1.82) is 0 Å². The third kappa shape index (κ3) is 4.78. The first kappa shape index (κ1) is 18.6. The second-order valence-electron chi connectivity index (χ2n) is 5.70. The number of methoxy groups -OCH3 is 1. The van der Waals surface area contributed by atoms with E-state index in [1.54, 1.807) is 6.07 Å². The molecule has 0 aliphatic rings. The van der Waals surface area contributed by atoms with Gasteiger partial charge in [0.2, 0.25) is 5.91 Å². The van der Waals surface area contributed by atoms with E-state index in [1.165, 1.54) is 13.2 Å². The minimum atomic E-state index is -0.469. The minimum Gasteiger partial charge on any atom is -0.494 e. The Morgan fingerprint density at radius 1 is 1.09 bits per heavy atom. The molecule has 122 valence electrons. The molecule has 2 amide bonds. The zero-order chi connectivity index (χ0) is 16.9. The normalized spacial score (nSPS) is 11.0. The average molecular weight is 347 g/mol. The van der Waals surface area contributed by atoms with Crippen LogP contribution in [-0.4, -0.2) is 32.0 Å². The molecular weight excluding hydrogens is 327 g/mol. The van der Waals surface area contributed by atoms with Crippen molar-refractivity contribution in [1.82, 2.24) is 10.6 Å². The first-order valence-corrected chi connectivity index (χ1v) is 7.52. The predicted octanol–water partition coefficient (Wildman–Crippen LogP) is 2.89. The highest BCUT2D eigenvalue weighted by Gasteiger charge is 2.21. The van der Waals surface area contributed by atoms with Crippen LogP contribution < -0.4 is 15.4 Å².